The third-order valence-electron chi connectivity index (χ3n) is 5.53. The van der Waals surface area contributed by atoms with Crippen molar-refractivity contribution in [3.05, 3.63) is 29.8 Å². The van der Waals surface area contributed by atoms with E-state index in [-0.39, 0.29) is 0 Å². The lowest BCUT2D eigenvalue weighted by atomic mass is 9.93. The van der Waals surface area contributed by atoms with Crippen molar-refractivity contribution in [3.63, 3.8) is 0 Å². The van der Waals surface area contributed by atoms with E-state index in [0.717, 1.165) is 18.5 Å². The van der Waals surface area contributed by atoms with Gasteiger partial charge in [0.25, 0.3) is 0 Å². The van der Waals surface area contributed by atoms with E-state index < -0.39 is 0 Å². The summed E-state index contributed by atoms with van der Waals surface area (Å²) in [6, 6.07) is 9.64. The molecular formula is C18H27N3. The molecule has 3 nitrogen and oxygen atoms in total. The molecule has 2 unspecified atom stereocenters. The maximum absolute atomic E-state index is 3.62. The number of hydrogen-bond acceptors (Lipinski definition) is 3. The molecule has 0 radical (unpaired) electrons. The zero-order valence-electron chi connectivity index (χ0n) is 12.9. The van der Waals surface area contributed by atoms with Gasteiger partial charge in [0.05, 0.1) is 0 Å². The van der Waals surface area contributed by atoms with Crippen molar-refractivity contribution in [1.29, 1.82) is 0 Å². The van der Waals surface area contributed by atoms with Gasteiger partial charge in [0.15, 0.2) is 0 Å². The van der Waals surface area contributed by atoms with E-state index in [0.29, 0.717) is 0 Å². The maximum atomic E-state index is 3.62. The van der Waals surface area contributed by atoms with Gasteiger partial charge in [-0.1, -0.05) is 18.2 Å². The molecule has 3 heterocycles. The number of benzene rings is 1. The Labute approximate surface area is 128 Å². The van der Waals surface area contributed by atoms with Gasteiger partial charge in [0.2, 0.25) is 0 Å². The minimum absolute atomic E-state index is 0.775. The molecule has 0 saturated carbocycles. The Hall–Kier alpha value is -1.06. The highest BCUT2D eigenvalue weighted by Gasteiger charge is 2.30. The quantitative estimate of drug-likeness (QED) is 0.920. The van der Waals surface area contributed by atoms with Gasteiger partial charge >= 0.3 is 0 Å². The smallest absolute Gasteiger partial charge is 0.0372 e. The lowest BCUT2D eigenvalue weighted by molar-refractivity contribution is 0.219. The first-order valence-corrected chi connectivity index (χ1v) is 8.67. The van der Waals surface area contributed by atoms with Crippen molar-refractivity contribution in [1.82, 2.24) is 9.80 Å². The summed E-state index contributed by atoms with van der Waals surface area (Å²) < 4.78 is 0. The van der Waals surface area contributed by atoms with Crippen molar-refractivity contribution in [2.75, 3.05) is 44.6 Å². The highest BCUT2D eigenvalue weighted by Crippen LogP contribution is 2.26. The van der Waals surface area contributed by atoms with Gasteiger partial charge in [-0.25, -0.2) is 0 Å². The van der Waals surface area contributed by atoms with Gasteiger partial charge in [-0.15, -0.1) is 0 Å². The van der Waals surface area contributed by atoms with Crippen LogP contribution >= 0.6 is 0 Å². The Balaban J connectivity index is 1.31. The van der Waals surface area contributed by atoms with Crippen LogP contribution in [-0.4, -0.2) is 55.1 Å². The molecule has 3 aliphatic heterocycles. The first-order chi connectivity index (χ1) is 10.4. The Morgan fingerprint density at radius 2 is 1.95 bits per heavy atom. The number of fused-ring (bicyclic) bond motifs is 1. The van der Waals surface area contributed by atoms with Gasteiger partial charge in [-0.2, -0.15) is 0 Å². The highest BCUT2D eigenvalue weighted by atomic mass is 15.3. The predicted octanol–water partition coefficient (Wildman–Crippen LogP) is 2.44. The number of hydrogen-bond donors (Lipinski definition) is 1. The topological polar surface area (TPSA) is 18.5 Å². The second kappa shape index (κ2) is 5.98. The van der Waals surface area contributed by atoms with Crippen LogP contribution in [0.1, 0.15) is 24.8 Å². The monoisotopic (exact) mass is 285 g/mol. The molecule has 0 spiro atoms. The number of rotatable bonds is 3. The highest BCUT2D eigenvalue weighted by molar-refractivity contribution is 5.53. The number of para-hydroxylation sites is 1. The van der Waals surface area contributed by atoms with Crippen LogP contribution in [0.4, 0.5) is 5.69 Å². The fraction of sp³-hybridized carbons (Fsp3) is 0.667. The van der Waals surface area contributed by atoms with Crippen LogP contribution in [0.3, 0.4) is 0 Å². The van der Waals surface area contributed by atoms with Gasteiger partial charge in [0, 0.05) is 31.4 Å². The molecule has 1 aromatic carbocycles. The summed E-state index contributed by atoms with van der Waals surface area (Å²) in [5, 5.41) is 3.62. The van der Waals surface area contributed by atoms with E-state index in [1.165, 1.54) is 69.7 Å². The van der Waals surface area contributed by atoms with Crippen molar-refractivity contribution in [2.45, 2.75) is 31.7 Å². The van der Waals surface area contributed by atoms with Crippen LogP contribution in [0.25, 0.3) is 0 Å². The number of anilines is 1. The molecular weight excluding hydrogens is 258 g/mol. The van der Waals surface area contributed by atoms with Crippen molar-refractivity contribution in [2.24, 2.45) is 5.92 Å². The van der Waals surface area contributed by atoms with E-state index in [9.17, 15) is 0 Å². The molecule has 2 atom stereocenters. The normalized spacial score (nSPS) is 30.3. The first-order valence-electron chi connectivity index (χ1n) is 8.67. The Kier molecular flexibility index (Phi) is 3.87. The fourth-order valence-electron chi connectivity index (χ4n) is 4.39. The molecule has 0 aliphatic carbocycles. The lowest BCUT2D eigenvalue weighted by Crippen LogP contribution is -2.38. The SMILES string of the molecule is c1ccc2c(c1)CC(CN1CCC(N3CCCC3)C1)CN2. The van der Waals surface area contributed by atoms with E-state index >= 15 is 0 Å². The second-order valence-corrected chi connectivity index (χ2v) is 7.05. The third kappa shape index (κ3) is 2.95. The Morgan fingerprint density at radius 3 is 2.86 bits per heavy atom. The predicted molar refractivity (Wildman–Crippen MR) is 87.8 cm³/mol. The molecule has 0 aromatic heterocycles. The van der Waals surface area contributed by atoms with Crippen LogP contribution in [-0.2, 0) is 6.42 Å². The summed E-state index contributed by atoms with van der Waals surface area (Å²) in [4.78, 5) is 5.44. The molecule has 0 amide bonds. The average molecular weight is 285 g/mol. The zero-order valence-corrected chi connectivity index (χ0v) is 12.9. The minimum atomic E-state index is 0.775. The van der Waals surface area contributed by atoms with Crippen molar-refractivity contribution < 1.29 is 0 Å². The maximum Gasteiger partial charge on any atom is 0.0372 e. The Morgan fingerprint density at radius 1 is 1.10 bits per heavy atom. The van der Waals surface area contributed by atoms with Crippen LogP contribution in [0.2, 0.25) is 0 Å². The van der Waals surface area contributed by atoms with E-state index in [2.05, 4.69) is 39.4 Å². The molecule has 2 saturated heterocycles. The summed E-state index contributed by atoms with van der Waals surface area (Å²) in [5.74, 6) is 0.775. The third-order valence-corrected chi connectivity index (χ3v) is 5.53. The summed E-state index contributed by atoms with van der Waals surface area (Å²) in [7, 11) is 0. The average Bonchev–Trinajstić information content (AvgIpc) is 3.18. The molecule has 3 aliphatic rings. The number of likely N-dealkylation sites (tertiary alicyclic amines) is 2. The summed E-state index contributed by atoms with van der Waals surface area (Å²) in [6.45, 7) is 7.71. The van der Waals surface area contributed by atoms with Crippen LogP contribution in [0, 0.1) is 5.92 Å². The largest absolute Gasteiger partial charge is 0.384 e. The van der Waals surface area contributed by atoms with E-state index in [1.807, 2.05) is 0 Å². The number of nitrogens with zero attached hydrogens (tertiary/aromatic N) is 2. The van der Waals surface area contributed by atoms with Crippen molar-refractivity contribution in [3.8, 4) is 0 Å². The molecule has 0 bridgehead atoms. The van der Waals surface area contributed by atoms with Crippen LogP contribution < -0.4 is 5.32 Å². The fourth-order valence-corrected chi connectivity index (χ4v) is 4.39. The Bertz CT molecular complexity index is 481. The standard InChI is InChI=1S/C18H27N3/c1-2-6-18-16(5-1)11-15(12-19-18)13-20-10-7-17(14-20)21-8-3-4-9-21/h1-2,5-6,15,17,19H,3-4,7-14H2. The van der Waals surface area contributed by atoms with E-state index in [4.69, 9.17) is 0 Å². The van der Waals surface area contributed by atoms with Gasteiger partial charge < -0.3 is 10.2 Å². The summed E-state index contributed by atoms with van der Waals surface area (Å²) >= 11 is 0. The number of nitrogens with one attached hydrogen (secondary N) is 1. The first kappa shape index (κ1) is 13.6. The van der Waals surface area contributed by atoms with Crippen LogP contribution in [0.5, 0.6) is 0 Å². The van der Waals surface area contributed by atoms with E-state index in [1.54, 1.807) is 0 Å². The summed E-state index contributed by atoms with van der Waals surface area (Å²) in [5.41, 5.74) is 2.86. The minimum Gasteiger partial charge on any atom is -0.384 e. The second-order valence-electron chi connectivity index (χ2n) is 7.05. The molecule has 21 heavy (non-hydrogen) atoms. The molecule has 2 fully saturated rings. The molecule has 3 heteroatoms. The molecule has 1 aromatic rings. The van der Waals surface area contributed by atoms with Crippen LogP contribution in [0.15, 0.2) is 24.3 Å². The lowest BCUT2D eigenvalue weighted by Gasteiger charge is -2.30. The van der Waals surface area contributed by atoms with Gasteiger partial charge in [-0.05, 0) is 62.9 Å². The van der Waals surface area contributed by atoms with Gasteiger partial charge in [0.1, 0.15) is 0 Å². The molecule has 1 N–H and O–H groups in total. The van der Waals surface area contributed by atoms with Crippen molar-refractivity contribution >= 4 is 5.69 Å². The molecule has 114 valence electrons. The summed E-state index contributed by atoms with van der Waals surface area (Å²) in [6.07, 6.45) is 5.46. The zero-order chi connectivity index (χ0) is 14.1. The molecule has 4 rings (SSSR count). The van der Waals surface area contributed by atoms with Gasteiger partial charge in [-0.3, -0.25) is 4.90 Å².